The molecule has 0 amide bonds. The van der Waals surface area contributed by atoms with Crippen LogP contribution >= 0.6 is 11.3 Å². The van der Waals surface area contributed by atoms with Crippen molar-refractivity contribution < 1.29 is 0 Å². The van der Waals surface area contributed by atoms with Crippen molar-refractivity contribution in [2.24, 2.45) is 0 Å². The number of aryl methyl sites for hydroxylation is 1. The number of nitrogens with zero attached hydrogens (tertiary/aromatic N) is 2. The summed E-state index contributed by atoms with van der Waals surface area (Å²) < 4.78 is 0. The van der Waals surface area contributed by atoms with Crippen LogP contribution in [0.2, 0.25) is 0 Å². The Hall–Kier alpha value is -2.08. The second-order valence-corrected chi connectivity index (χ2v) is 5.14. The molecule has 3 rings (SSSR count). The number of imidazole rings is 1. The molecule has 0 aliphatic heterocycles. The predicted molar refractivity (Wildman–Crippen MR) is 74.7 cm³/mol. The number of hydrogen-bond acceptors (Lipinski definition) is 5. The number of hydrogen-bond donors (Lipinski definition) is 3. The van der Waals surface area contributed by atoms with Gasteiger partial charge in [0.2, 0.25) is 5.95 Å². The number of fused-ring (bicyclic) bond motifs is 1. The zero-order chi connectivity index (χ0) is 12.5. The first kappa shape index (κ1) is 11.0. The minimum Gasteiger partial charge on any atom is -0.399 e. The van der Waals surface area contributed by atoms with Crippen LogP contribution in [-0.4, -0.2) is 15.0 Å². The molecule has 6 heteroatoms. The normalized spacial score (nSPS) is 10.9. The Bertz CT molecular complexity index is 685. The second kappa shape index (κ2) is 4.30. The third-order valence-corrected chi connectivity index (χ3v) is 3.43. The van der Waals surface area contributed by atoms with Gasteiger partial charge in [-0.05, 0) is 25.1 Å². The van der Waals surface area contributed by atoms with Gasteiger partial charge in [0, 0.05) is 11.1 Å². The Morgan fingerprint density at radius 1 is 1.39 bits per heavy atom. The first-order valence-corrected chi connectivity index (χ1v) is 6.49. The Morgan fingerprint density at radius 2 is 2.28 bits per heavy atom. The van der Waals surface area contributed by atoms with E-state index in [9.17, 15) is 0 Å². The van der Waals surface area contributed by atoms with Crippen LogP contribution < -0.4 is 11.1 Å². The van der Waals surface area contributed by atoms with Crippen LogP contribution in [0.25, 0.3) is 11.0 Å². The SMILES string of the molecule is Cc1nc(CNc2nc3ccc(N)cc3[nH]2)cs1. The maximum absolute atomic E-state index is 5.72. The lowest BCUT2D eigenvalue weighted by molar-refractivity contribution is 1.03. The van der Waals surface area contributed by atoms with Crippen LogP contribution in [0, 0.1) is 6.92 Å². The summed E-state index contributed by atoms with van der Waals surface area (Å²) >= 11 is 1.65. The van der Waals surface area contributed by atoms with Crippen molar-refractivity contribution in [3.63, 3.8) is 0 Å². The molecule has 0 bridgehead atoms. The van der Waals surface area contributed by atoms with E-state index in [0.29, 0.717) is 6.54 Å². The zero-order valence-electron chi connectivity index (χ0n) is 9.90. The molecule has 2 aromatic heterocycles. The lowest BCUT2D eigenvalue weighted by Crippen LogP contribution is -2.00. The molecule has 18 heavy (non-hydrogen) atoms. The molecule has 0 atom stereocenters. The van der Waals surface area contributed by atoms with E-state index in [4.69, 9.17) is 5.73 Å². The number of anilines is 2. The van der Waals surface area contributed by atoms with E-state index in [0.717, 1.165) is 33.4 Å². The Labute approximate surface area is 108 Å². The Morgan fingerprint density at radius 3 is 3.06 bits per heavy atom. The van der Waals surface area contributed by atoms with Crippen molar-refractivity contribution >= 4 is 34.0 Å². The lowest BCUT2D eigenvalue weighted by Gasteiger charge is -1.98. The van der Waals surface area contributed by atoms with Crippen molar-refractivity contribution in [3.05, 3.63) is 34.3 Å². The van der Waals surface area contributed by atoms with Crippen LogP contribution in [0.1, 0.15) is 10.7 Å². The summed E-state index contributed by atoms with van der Waals surface area (Å²) in [5, 5.41) is 6.34. The molecule has 0 aliphatic carbocycles. The summed E-state index contributed by atoms with van der Waals surface area (Å²) in [5.74, 6) is 0.737. The van der Waals surface area contributed by atoms with Gasteiger partial charge in [-0.3, -0.25) is 0 Å². The molecular weight excluding hydrogens is 246 g/mol. The highest BCUT2D eigenvalue weighted by atomic mass is 32.1. The van der Waals surface area contributed by atoms with E-state index in [-0.39, 0.29) is 0 Å². The number of aromatic amines is 1. The van der Waals surface area contributed by atoms with E-state index < -0.39 is 0 Å². The summed E-state index contributed by atoms with van der Waals surface area (Å²) in [4.78, 5) is 12.0. The molecule has 0 unspecified atom stereocenters. The first-order valence-electron chi connectivity index (χ1n) is 5.61. The summed E-state index contributed by atoms with van der Waals surface area (Å²) in [7, 11) is 0. The van der Waals surface area contributed by atoms with Gasteiger partial charge in [0.25, 0.3) is 0 Å². The highest BCUT2D eigenvalue weighted by Crippen LogP contribution is 2.17. The van der Waals surface area contributed by atoms with Gasteiger partial charge in [0.1, 0.15) is 0 Å². The zero-order valence-corrected chi connectivity index (χ0v) is 10.7. The molecule has 0 spiro atoms. The number of thiazole rings is 1. The van der Waals surface area contributed by atoms with Crippen LogP contribution in [0.15, 0.2) is 23.6 Å². The number of nitrogens with two attached hydrogens (primary N) is 1. The second-order valence-electron chi connectivity index (χ2n) is 4.07. The van der Waals surface area contributed by atoms with Crippen molar-refractivity contribution in [1.82, 2.24) is 15.0 Å². The topological polar surface area (TPSA) is 79.6 Å². The molecule has 0 fully saturated rings. The van der Waals surface area contributed by atoms with Gasteiger partial charge in [-0.15, -0.1) is 11.3 Å². The maximum Gasteiger partial charge on any atom is 0.201 e. The molecule has 5 nitrogen and oxygen atoms in total. The smallest absolute Gasteiger partial charge is 0.201 e. The molecular formula is C12H13N5S. The van der Waals surface area contributed by atoms with E-state index in [1.54, 1.807) is 11.3 Å². The maximum atomic E-state index is 5.72. The number of aromatic nitrogens is 3. The fourth-order valence-electron chi connectivity index (χ4n) is 1.77. The van der Waals surface area contributed by atoms with Gasteiger partial charge in [0.15, 0.2) is 0 Å². The molecule has 4 N–H and O–H groups in total. The highest BCUT2D eigenvalue weighted by molar-refractivity contribution is 7.09. The number of rotatable bonds is 3. The van der Waals surface area contributed by atoms with Crippen LogP contribution in [0.3, 0.4) is 0 Å². The van der Waals surface area contributed by atoms with Gasteiger partial charge >= 0.3 is 0 Å². The van der Waals surface area contributed by atoms with Gasteiger partial charge < -0.3 is 16.0 Å². The third-order valence-electron chi connectivity index (χ3n) is 2.61. The molecule has 0 saturated heterocycles. The summed E-state index contributed by atoms with van der Waals surface area (Å²) in [5.41, 5.74) is 9.32. The van der Waals surface area contributed by atoms with E-state index in [1.807, 2.05) is 30.5 Å². The van der Waals surface area contributed by atoms with Crippen molar-refractivity contribution in [2.75, 3.05) is 11.1 Å². The quantitative estimate of drug-likeness (QED) is 0.631. The Balaban J connectivity index is 1.78. The van der Waals surface area contributed by atoms with Crippen LogP contribution in [0.4, 0.5) is 11.6 Å². The number of nitrogens with one attached hydrogen (secondary N) is 2. The minimum atomic E-state index is 0.666. The number of H-pyrrole nitrogens is 1. The van der Waals surface area contributed by atoms with Crippen molar-refractivity contribution in [2.45, 2.75) is 13.5 Å². The average Bonchev–Trinajstić information content (AvgIpc) is 2.92. The summed E-state index contributed by atoms with van der Waals surface area (Å²) in [6.45, 7) is 2.66. The molecule has 0 saturated carbocycles. The van der Waals surface area contributed by atoms with E-state index in [2.05, 4.69) is 20.3 Å². The number of benzene rings is 1. The van der Waals surface area contributed by atoms with Crippen LogP contribution in [0.5, 0.6) is 0 Å². The average molecular weight is 259 g/mol. The van der Waals surface area contributed by atoms with Gasteiger partial charge in [0.05, 0.1) is 28.3 Å². The fourth-order valence-corrected chi connectivity index (χ4v) is 2.39. The van der Waals surface area contributed by atoms with Gasteiger partial charge in [-0.25, -0.2) is 9.97 Å². The van der Waals surface area contributed by atoms with Crippen LogP contribution in [-0.2, 0) is 6.54 Å². The van der Waals surface area contributed by atoms with Crippen molar-refractivity contribution in [3.8, 4) is 0 Å². The number of nitrogen functional groups attached to an aromatic ring is 1. The van der Waals surface area contributed by atoms with Gasteiger partial charge in [-0.2, -0.15) is 0 Å². The molecule has 0 radical (unpaired) electrons. The first-order chi connectivity index (χ1) is 8.70. The third kappa shape index (κ3) is 2.14. The van der Waals surface area contributed by atoms with E-state index in [1.165, 1.54) is 0 Å². The van der Waals surface area contributed by atoms with E-state index >= 15 is 0 Å². The Kier molecular flexibility index (Phi) is 2.64. The predicted octanol–water partition coefficient (Wildman–Crippen LogP) is 2.52. The largest absolute Gasteiger partial charge is 0.399 e. The molecule has 3 aromatic rings. The highest BCUT2D eigenvalue weighted by Gasteiger charge is 2.03. The lowest BCUT2D eigenvalue weighted by atomic mass is 10.3. The van der Waals surface area contributed by atoms with Crippen molar-refractivity contribution in [1.29, 1.82) is 0 Å². The molecule has 1 aromatic carbocycles. The molecule has 92 valence electrons. The van der Waals surface area contributed by atoms with Gasteiger partial charge in [-0.1, -0.05) is 0 Å². The monoisotopic (exact) mass is 259 g/mol. The molecule has 0 aliphatic rings. The summed E-state index contributed by atoms with van der Waals surface area (Å²) in [6.07, 6.45) is 0. The summed E-state index contributed by atoms with van der Waals surface area (Å²) in [6, 6.07) is 5.62. The molecule has 2 heterocycles. The fraction of sp³-hybridized carbons (Fsp3) is 0.167. The minimum absolute atomic E-state index is 0.666. The standard InChI is InChI=1S/C12H13N5S/c1-7-15-9(6-18-7)5-14-12-16-10-3-2-8(13)4-11(10)17-12/h2-4,6H,5,13H2,1H3,(H2,14,16,17).